The quantitative estimate of drug-likeness (QED) is 0.440. The molecule has 0 amide bonds. The highest BCUT2D eigenvalue weighted by Gasteiger charge is 2.21. The van der Waals surface area contributed by atoms with E-state index in [4.69, 9.17) is 4.42 Å². The summed E-state index contributed by atoms with van der Waals surface area (Å²) < 4.78 is 7.66. The summed E-state index contributed by atoms with van der Waals surface area (Å²) in [5.41, 5.74) is 3.20. The number of aryl methyl sites for hydroxylation is 2. The van der Waals surface area contributed by atoms with Gasteiger partial charge in [0.05, 0.1) is 24.1 Å². The van der Waals surface area contributed by atoms with Crippen molar-refractivity contribution in [1.82, 2.24) is 29.9 Å². The van der Waals surface area contributed by atoms with Crippen LogP contribution in [0.4, 0.5) is 0 Å². The van der Waals surface area contributed by atoms with E-state index in [0.29, 0.717) is 5.92 Å². The number of hydrogen-bond donors (Lipinski definition) is 1. The monoisotopic (exact) mass is 449 g/mol. The van der Waals surface area contributed by atoms with E-state index in [2.05, 4.69) is 55.6 Å². The Hall–Kier alpha value is -3.13. The molecule has 1 N–H and O–H groups in total. The van der Waals surface area contributed by atoms with Crippen molar-refractivity contribution >= 4 is 5.96 Å². The van der Waals surface area contributed by atoms with Gasteiger partial charge in [-0.25, -0.2) is 9.67 Å². The molecule has 176 valence electrons. The number of nitrogens with zero attached hydrogens (tertiary/aromatic N) is 6. The predicted molar refractivity (Wildman–Crippen MR) is 130 cm³/mol. The summed E-state index contributed by atoms with van der Waals surface area (Å²) in [4.78, 5) is 13.6. The molecule has 1 aliphatic rings. The molecule has 3 heterocycles. The molecule has 0 atom stereocenters. The summed E-state index contributed by atoms with van der Waals surface area (Å²) in [5.74, 6) is 3.31. The van der Waals surface area contributed by atoms with Crippen LogP contribution in [-0.4, -0.2) is 64.3 Å². The molecule has 0 radical (unpaired) electrons. The van der Waals surface area contributed by atoms with Crippen LogP contribution in [0.25, 0.3) is 5.69 Å². The SMILES string of the molecule is CN=C(NCC1CCN(Cc2nc(C)c(C)o2)CC1)N(C)Cc1cnn(-c2ccccc2)c1. The Kier molecular flexibility index (Phi) is 7.44. The van der Waals surface area contributed by atoms with Gasteiger partial charge in [0.15, 0.2) is 5.96 Å². The molecule has 33 heavy (non-hydrogen) atoms. The van der Waals surface area contributed by atoms with Crippen molar-refractivity contribution in [2.75, 3.05) is 33.7 Å². The molecule has 2 aromatic heterocycles. The number of para-hydroxylation sites is 1. The van der Waals surface area contributed by atoms with Crippen molar-refractivity contribution in [3.8, 4) is 5.69 Å². The van der Waals surface area contributed by atoms with Crippen molar-refractivity contribution in [1.29, 1.82) is 0 Å². The molecule has 0 aliphatic carbocycles. The molecule has 8 nitrogen and oxygen atoms in total. The molecule has 0 spiro atoms. The first kappa shape index (κ1) is 23.0. The molecule has 4 rings (SSSR count). The molecule has 1 aromatic carbocycles. The van der Waals surface area contributed by atoms with Crippen molar-refractivity contribution < 1.29 is 4.42 Å². The van der Waals surface area contributed by atoms with Gasteiger partial charge in [0.1, 0.15) is 5.76 Å². The van der Waals surface area contributed by atoms with Gasteiger partial charge in [0, 0.05) is 38.9 Å². The summed E-state index contributed by atoms with van der Waals surface area (Å²) in [6, 6.07) is 10.2. The molecule has 8 heteroatoms. The Balaban J connectivity index is 1.22. The van der Waals surface area contributed by atoms with Crippen LogP contribution in [-0.2, 0) is 13.1 Å². The van der Waals surface area contributed by atoms with Crippen LogP contribution >= 0.6 is 0 Å². The van der Waals surface area contributed by atoms with Gasteiger partial charge in [-0.2, -0.15) is 5.10 Å². The standard InChI is InChI=1S/C25H35N7O/c1-19-20(2)33-24(29-19)18-31-12-10-21(11-13-31)14-27-25(26-3)30(4)16-22-15-28-32(17-22)23-8-6-5-7-9-23/h5-9,15,17,21H,10-14,16,18H2,1-4H3,(H,26,27). The Morgan fingerprint density at radius 1 is 1.21 bits per heavy atom. The zero-order valence-corrected chi connectivity index (χ0v) is 20.2. The maximum absolute atomic E-state index is 5.75. The van der Waals surface area contributed by atoms with Gasteiger partial charge in [0.25, 0.3) is 0 Å². The Morgan fingerprint density at radius 3 is 2.64 bits per heavy atom. The second kappa shape index (κ2) is 10.7. The third kappa shape index (κ3) is 6.01. The summed E-state index contributed by atoms with van der Waals surface area (Å²) >= 11 is 0. The lowest BCUT2D eigenvalue weighted by molar-refractivity contribution is 0.163. The summed E-state index contributed by atoms with van der Waals surface area (Å²) in [7, 11) is 3.91. The van der Waals surface area contributed by atoms with Gasteiger partial charge in [-0.1, -0.05) is 18.2 Å². The third-order valence-corrected chi connectivity index (χ3v) is 6.34. The zero-order valence-electron chi connectivity index (χ0n) is 20.2. The highest BCUT2D eigenvalue weighted by Crippen LogP contribution is 2.19. The fraction of sp³-hybridized carbons (Fsp3) is 0.480. The predicted octanol–water partition coefficient (Wildman–Crippen LogP) is 3.40. The Labute approximate surface area is 196 Å². The third-order valence-electron chi connectivity index (χ3n) is 6.34. The molecule has 1 aliphatic heterocycles. The Bertz CT molecular complexity index is 1030. The van der Waals surface area contributed by atoms with Gasteiger partial charge in [0.2, 0.25) is 5.89 Å². The maximum atomic E-state index is 5.75. The number of benzene rings is 1. The van der Waals surface area contributed by atoms with E-state index >= 15 is 0 Å². The number of rotatable bonds is 7. The topological polar surface area (TPSA) is 74.7 Å². The number of likely N-dealkylation sites (tertiary alicyclic amines) is 1. The van der Waals surface area contributed by atoms with E-state index in [0.717, 1.165) is 80.1 Å². The van der Waals surface area contributed by atoms with Crippen LogP contribution in [0, 0.1) is 19.8 Å². The number of aromatic nitrogens is 3. The summed E-state index contributed by atoms with van der Waals surface area (Å²) in [6.07, 6.45) is 6.32. The summed E-state index contributed by atoms with van der Waals surface area (Å²) in [6.45, 7) is 8.60. The van der Waals surface area contributed by atoms with Gasteiger partial charge < -0.3 is 14.6 Å². The molecular formula is C25H35N7O. The van der Waals surface area contributed by atoms with Crippen molar-refractivity contribution in [2.45, 2.75) is 39.8 Å². The zero-order chi connectivity index (χ0) is 23.2. The molecule has 0 unspecified atom stereocenters. The van der Waals surface area contributed by atoms with Crippen LogP contribution in [0.3, 0.4) is 0 Å². The second-order valence-electron chi connectivity index (χ2n) is 8.88. The molecule has 3 aromatic rings. The van der Waals surface area contributed by atoms with Crippen LogP contribution < -0.4 is 5.32 Å². The normalized spacial score (nSPS) is 15.7. The van der Waals surface area contributed by atoms with Crippen molar-refractivity contribution in [3.05, 3.63) is 65.6 Å². The molecule has 1 saturated heterocycles. The average Bonchev–Trinajstić information content (AvgIpc) is 3.41. The van der Waals surface area contributed by atoms with E-state index in [1.165, 1.54) is 0 Å². The fourth-order valence-corrected chi connectivity index (χ4v) is 4.28. The molecule has 1 fully saturated rings. The number of aliphatic imine (C=N–C) groups is 1. The number of hydrogen-bond acceptors (Lipinski definition) is 5. The highest BCUT2D eigenvalue weighted by atomic mass is 16.4. The molecule has 0 saturated carbocycles. The second-order valence-corrected chi connectivity index (χ2v) is 8.88. The van der Waals surface area contributed by atoms with Crippen LogP contribution in [0.2, 0.25) is 0 Å². The lowest BCUT2D eigenvalue weighted by Crippen LogP contribution is -2.43. The number of piperidine rings is 1. The largest absolute Gasteiger partial charge is 0.444 e. The highest BCUT2D eigenvalue weighted by molar-refractivity contribution is 5.79. The maximum Gasteiger partial charge on any atom is 0.208 e. The van der Waals surface area contributed by atoms with Crippen LogP contribution in [0.15, 0.2) is 52.1 Å². The lowest BCUT2D eigenvalue weighted by atomic mass is 9.97. The van der Waals surface area contributed by atoms with E-state index in [1.807, 2.05) is 50.0 Å². The van der Waals surface area contributed by atoms with E-state index in [1.54, 1.807) is 0 Å². The Morgan fingerprint density at radius 2 is 1.97 bits per heavy atom. The van der Waals surface area contributed by atoms with Crippen LogP contribution in [0.1, 0.15) is 35.7 Å². The minimum absolute atomic E-state index is 0.639. The van der Waals surface area contributed by atoms with Gasteiger partial charge in [-0.3, -0.25) is 9.89 Å². The lowest BCUT2D eigenvalue weighted by Gasteiger charge is -2.32. The fourth-order valence-electron chi connectivity index (χ4n) is 4.28. The van der Waals surface area contributed by atoms with Crippen LogP contribution in [0.5, 0.6) is 0 Å². The van der Waals surface area contributed by atoms with Crippen molar-refractivity contribution in [3.63, 3.8) is 0 Å². The van der Waals surface area contributed by atoms with Gasteiger partial charge in [-0.15, -0.1) is 0 Å². The van der Waals surface area contributed by atoms with Gasteiger partial charge in [-0.05, 0) is 57.8 Å². The summed E-state index contributed by atoms with van der Waals surface area (Å²) in [5, 5.41) is 8.07. The van der Waals surface area contributed by atoms with E-state index < -0.39 is 0 Å². The molecule has 0 bridgehead atoms. The van der Waals surface area contributed by atoms with E-state index in [9.17, 15) is 0 Å². The first-order valence-electron chi connectivity index (χ1n) is 11.7. The first-order valence-corrected chi connectivity index (χ1v) is 11.7. The van der Waals surface area contributed by atoms with Crippen molar-refractivity contribution in [2.24, 2.45) is 10.9 Å². The number of guanidine groups is 1. The molecular weight excluding hydrogens is 414 g/mol. The minimum Gasteiger partial charge on any atom is -0.444 e. The van der Waals surface area contributed by atoms with Gasteiger partial charge >= 0.3 is 0 Å². The number of oxazole rings is 1. The van der Waals surface area contributed by atoms with E-state index in [-0.39, 0.29) is 0 Å². The first-order chi connectivity index (χ1) is 16.0. The average molecular weight is 450 g/mol. The minimum atomic E-state index is 0.639. The smallest absolute Gasteiger partial charge is 0.208 e. The number of nitrogens with one attached hydrogen (secondary N) is 1.